The van der Waals surface area contributed by atoms with Gasteiger partial charge in [-0.05, 0) is 51.0 Å². The monoisotopic (exact) mass is 302 g/mol. The Morgan fingerprint density at radius 2 is 1.71 bits per heavy atom. The Balaban J connectivity index is 1.98. The third-order valence-corrected chi connectivity index (χ3v) is 3.53. The van der Waals surface area contributed by atoms with Crippen LogP contribution >= 0.6 is 0 Å². The Bertz CT molecular complexity index is 492. The van der Waals surface area contributed by atoms with Crippen LogP contribution in [0.15, 0.2) is 24.3 Å². The molecule has 2 rings (SSSR count). The van der Waals surface area contributed by atoms with E-state index in [4.69, 9.17) is 0 Å². The molecule has 0 aromatic heterocycles. The predicted molar refractivity (Wildman–Crippen MR) is 72.1 cm³/mol. The third-order valence-electron chi connectivity index (χ3n) is 3.53. The average Bonchev–Trinajstić information content (AvgIpc) is 2.70. The highest BCUT2D eigenvalue weighted by atomic mass is 19.4. The summed E-state index contributed by atoms with van der Waals surface area (Å²) < 4.78 is 39.9. The molecule has 7 heteroatoms. The van der Waals surface area contributed by atoms with E-state index in [1.54, 1.807) is 4.90 Å². The van der Waals surface area contributed by atoms with Crippen molar-refractivity contribution in [2.45, 2.75) is 45.1 Å². The number of carbonyl (C=O) groups excluding carboxylic acids is 1. The number of halogens is 3. The van der Waals surface area contributed by atoms with Crippen molar-refractivity contribution in [1.82, 2.24) is 4.90 Å². The van der Waals surface area contributed by atoms with Crippen LogP contribution in [0, 0.1) is 0 Å². The maximum absolute atomic E-state index is 12.2. The van der Waals surface area contributed by atoms with Gasteiger partial charge in [0.05, 0.1) is 0 Å². The van der Waals surface area contributed by atoms with Gasteiger partial charge in [-0.3, -0.25) is 0 Å². The molecule has 0 radical (unpaired) electrons. The normalized spacial score (nSPS) is 22.2. The number of benzene rings is 1. The number of alkyl halides is 3. The van der Waals surface area contributed by atoms with Gasteiger partial charge in [-0.1, -0.05) is 0 Å². The second-order valence-corrected chi connectivity index (χ2v) is 5.18. The Morgan fingerprint density at radius 1 is 1.19 bits per heavy atom. The maximum atomic E-state index is 12.2. The maximum Gasteiger partial charge on any atom is 0.573 e. The first kappa shape index (κ1) is 15.5. The van der Waals surface area contributed by atoms with Crippen LogP contribution in [0.2, 0.25) is 0 Å². The van der Waals surface area contributed by atoms with Crippen LogP contribution in [-0.4, -0.2) is 29.4 Å². The summed E-state index contributed by atoms with van der Waals surface area (Å²) in [5, 5.41) is 2.68. The minimum absolute atomic E-state index is 0.160. The van der Waals surface area contributed by atoms with Crippen molar-refractivity contribution in [3.8, 4) is 5.75 Å². The summed E-state index contributed by atoms with van der Waals surface area (Å²) in [6, 6.07) is 5.17. The summed E-state index contributed by atoms with van der Waals surface area (Å²) in [5.41, 5.74) is 0.431. The summed E-state index contributed by atoms with van der Waals surface area (Å²) in [6.45, 7) is 3.95. The average molecular weight is 302 g/mol. The Morgan fingerprint density at radius 3 is 2.19 bits per heavy atom. The lowest BCUT2D eigenvalue weighted by atomic mass is 10.2. The number of likely N-dealkylation sites (tertiary alicyclic amines) is 1. The first-order chi connectivity index (χ1) is 9.76. The van der Waals surface area contributed by atoms with Gasteiger partial charge < -0.3 is 15.0 Å². The summed E-state index contributed by atoms with van der Waals surface area (Å²) in [7, 11) is 0. The van der Waals surface area contributed by atoms with Crippen LogP contribution in [0.5, 0.6) is 5.75 Å². The second-order valence-electron chi connectivity index (χ2n) is 5.18. The van der Waals surface area contributed by atoms with Crippen LogP contribution in [-0.2, 0) is 0 Å². The van der Waals surface area contributed by atoms with Crippen LogP contribution in [0.1, 0.15) is 26.7 Å². The van der Waals surface area contributed by atoms with Crippen molar-refractivity contribution in [3.05, 3.63) is 24.3 Å². The van der Waals surface area contributed by atoms with Gasteiger partial charge in [0.25, 0.3) is 0 Å². The number of carbonyl (C=O) groups is 1. The van der Waals surface area contributed by atoms with Gasteiger partial charge in [0.1, 0.15) is 5.75 Å². The van der Waals surface area contributed by atoms with Crippen molar-refractivity contribution in [1.29, 1.82) is 0 Å². The fourth-order valence-corrected chi connectivity index (χ4v) is 2.52. The van der Waals surface area contributed by atoms with E-state index in [1.165, 1.54) is 24.3 Å². The van der Waals surface area contributed by atoms with Gasteiger partial charge in [-0.15, -0.1) is 13.2 Å². The van der Waals surface area contributed by atoms with E-state index in [2.05, 4.69) is 10.1 Å². The summed E-state index contributed by atoms with van der Waals surface area (Å²) >= 11 is 0. The molecule has 1 aromatic rings. The van der Waals surface area contributed by atoms with Gasteiger partial charge >= 0.3 is 12.4 Å². The molecule has 2 amide bonds. The van der Waals surface area contributed by atoms with E-state index in [-0.39, 0.29) is 23.9 Å². The molecular formula is C14H17F3N2O2. The lowest BCUT2D eigenvalue weighted by Gasteiger charge is -2.26. The zero-order valence-electron chi connectivity index (χ0n) is 11.8. The lowest BCUT2D eigenvalue weighted by molar-refractivity contribution is -0.274. The number of amides is 2. The van der Waals surface area contributed by atoms with Crippen LogP contribution in [0.4, 0.5) is 23.7 Å². The Kier molecular flexibility index (Phi) is 4.29. The van der Waals surface area contributed by atoms with Crippen LogP contribution < -0.4 is 10.1 Å². The van der Waals surface area contributed by atoms with E-state index in [0.717, 1.165) is 12.8 Å². The smallest absolute Gasteiger partial charge is 0.406 e. The van der Waals surface area contributed by atoms with Crippen molar-refractivity contribution in [3.63, 3.8) is 0 Å². The molecule has 0 unspecified atom stereocenters. The molecule has 0 spiro atoms. The molecule has 1 heterocycles. The molecule has 1 saturated heterocycles. The predicted octanol–water partition coefficient (Wildman–Crippen LogP) is 3.99. The van der Waals surface area contributed by atoms with Crippen molar-refractivity contribution < 1.29 is 22.7 Å². The molecule has 1 aliphatic rings. The summed E-state index contributed by atoms with van der Waals surface area (Å²) in [4.78, 5) is 13.9. The standard InChI is InChI=1S/C14H17F3N2O2/c1-9-3-4-10(2)19(9)13(20)18-11-5-7-12(8-6-11)21-14(15,16)17/h5-10H,3-4H2,1-2H3,(H,18,20)/t9-,10+. The zero-order chi connectivity index (χ0) is 15.6. The van der Waals surface area contributed by atoms with Gasteiger partial charge in [0.15, 0.2) is 0 Å². The summed E-state index contributed by atoms with van der Waals surface area (Å²) in [6.07, 6.45) is -2.81. The quantitative estimate of drug-likeness (QED) is 0.897. The number of ether oxygens (including phenoxy) is 1. The van der Waals surface area contributed by atoms with Crippen molar-refractivity contribution in [2.24, 2.45) is 0 Å². The van der Waals surface area contributed by atoms with Gasteiger partial charge in [0.2, 0.25) is 0 Å². The fraction of sp³-hybridized carbons (Fsp3) is 0.500. The molecule has 2 atom stereocenters. The largest absolute Gasteiger partial charge is 0.573 e. The van der Waals surface area contributed by atoms with E-state index in [0.29, 0.717) is 5.69 Å². The molecule has 1 N–H and O–H groups in total. The van der Waals surface area contributed by atoms with Crippen LogP contribution in [0.3, 0.4) is 0 Å². The molecule has 1 aromatic carbocycles. The number of rotatable bonds is 2. The SMILES string of the molecule is C[C@@H]1CC[C@H](C)N1C(=O)Nc1ccc(OC(F)(F)F)cc1. The molecule has 0 bridgehead atoms. The minimum atomic E-state index is -4.72. The topological polar surface area (TPSA) is 41.6 Å². The number of anilines is 1. The first-order valence-corrected chi connectivity index (χ1v) is 6.71. The number of nitrogens with one attached hydrogen (secondary N) is 1. The molecule has 0 saturated carbocycles. The zero-order valence-corrected chi connectivity index (χ0v) is 11.8. The Hall–Kier alpha value is -1.92. The highest BCUT2D eigenvalue weighted by molar-refractivity contribution is 5.90. The molecule has 0 aliphatic carbocycles. The third kappa shape index (κ3) is 4.03. The highest BCUT2D eigenvalue weighted by Gasteiger charge is 2.32. The van der Waals surface area contributed by atoms with Gasteiger partial charge in [-0.2, -0.15) is 0 Å². The number of hydrogen-bond acceptors (Lipinski definition) is 2. The second kappa shape index (κ2) is 5.83. The van der Waals surface area contributed by atoms with Gasteiger partial charge in [-0.25, -0.2) is 4.79 Å². The molecule has 1 aliphatic heterocycles. The van der Waals surface area contributed by atoms with Crippen LogP contribution in [0.25, 0.3) is 0 Å². The molecule has 1 fully saturated rings. The van der Waals surface area contributed by atoms with E-state index < -0.39 is 6.36 Å². The lowest BCUT2D eigenvalue weighted by Crippen LogP contribution is -2.41. The number of nitrogens with zero attached hydrogens (tertiary/aromatic N) is 1. The highest BCUT2D eigenvalue weighted by Crippen LogP contribution is 2.26. The summed E-state index contributed by atoms with van der Waals surface area (Å²) in [5.74, 6) is -0.316. The number of urea groups is 1. The van der Waals surface area contributed by atoms with Crippen molar-refractivity contribution in [2.75, 3.05) is 5.32 Å². The fourth-order valence-electron chi connectivity index (χ4n) is 2.52. The molecule has 21 heavy (non-hydrogen) atoms. The van der Waals surface area contributed by atoms with E-state index >= 15 is 0 Å². The Labute approximate surface area is 120 Å². The minimum Gasteiger partial charge on any atom is -0.406 e. The molecule has 116 valence electrons. The molecule has 4 nitrogen and oxygen atoms in total. The van der Waals surface area contributed by atoms with E-state index in [1.807, 2.05) is 13.8 Å². The van der Waals surface area contributed by atoms with E-state index in [9.17, 15) is 18.0 Å². The van der Waals surface area contributed by atoms with Gasteiger partial charge in [0, 0.05) is 17.8 Å². The van der Waals surface area contributed by atoms with Crippen molar-refractivity contribution >= 4 is 11.7 Å². The molecular weight excluding hydrogens is 285 g/mol. The first-order valence-electron chi connectivity index (χ1n) is 6.71. The number of hydrogen-bond donors (Lipinski definition) is 1.